The lowest BCUT2D eigenvalue weighted by Crippen LogP contribution is -2.42. The summed E-state index contributed by atoms with van der Waals surface area (Å²) in [5, 5.41) is 18.4. The summed E-state index contributed by atoms with van der Waals surface area (Å²) >= 11 is 0. The van der Waals surface area contributed by atoms with Crippen LogP contribution in [0.2, 0.25) is 0 Å². The number of β-amino-alcohol motifs (C(OH)–C–C–N with tert-alkyl or cyclic N) is 1. The summed E-state index contributed by atoms with van der Waals surface area (Å²) in [6.07, 6.45) is -1.56. The Morgan fingerprint density at radius 2 is 1.94 bits per heavy atom. The van der Waals surface area contributed by atoms with Gasteiger partial charge in [0.15, 0.2) is 0 Å². The third-order valence-corrected chi connectivity index (χ3v) is 2.75. The van der Waals surface area contributed by atoms with E-state index in [0.717, 1.165) is 4.90 Å². The Kier molecular flexibility index (Phi) is 3.47. The van der Waals surface area contributed by atoms with E-state index in [2.05, 4.69) is 0 Å². The molecule has 0 radical (unpaired) electrons. The second-order valence-electron chi connectivity index (χ2n) is 4.08. The SMILES string of the molecule is O=C(O)C1CC(O)CN1C(=O)Oc1ccccc1. The van der Waals surface area contributed by atoms with Gasteiger partial charge in [0.25, 0.3) is 0 Å². The van der Waals surface area contributed by atoms with E-state index in [4.69, 9.17) is 9.84 Å². The minimum absolute atomic E-state index is 0.0252. The number of hydrogen-bond acceptors (Lipinski definition) is 4. The van der Waals surface area contributed by atoms with Gasteiger partial charge in [0.1, 0.15) is 11.8 Å². The summed E-state index contributed by atoms with van der Waals surface area (Å²) in [5.74, 6) is -0.801. The Bertz CT molecular complexity index is 447. The average Bonchev–Trinajstić information content (AvgIpc) is 2.73. The van der Waals surface area contributed by atoms with E-state index >= 15 is 0 Å². The van der Waals surface area contributed by atoms with E-state index in [9.17, 15) is 14.7 Å². The van der Waals surface area contributed by atoms with Gasteiger partial charge in [-0.2, -0.15) is 0 Å². The molecule has 1 aliphatic rings. The monoisotopic (exact) mass is 251 g/mol. The highest BCUT2D eigenvalue weighted by atomic mass is 16.6. The van der Waals surface area contributed by atoms with E-state index in [0.29, 0.717) is 5.75 Å². The standard InChI is InChI=1S/C12H13NO5/c14-8-6-10(11(15)16)13(7-8)12(17)18-9-4-2-1-3-5-9/h1-5,8,10,14H,6-7H2,(H,15,16). The molecule has 0 aliphatic carbocycles. The van der Waals surface area contributed by atoms with E-state index in [-0.39, 0.29) is 13.0 Å². The van der Waals surface area contributed by atoms with Crippen LogP contribution in [-0.4, -0.2) is 45.9 Å². The van der Waals surface area contributed by atoms with Crippen LogP contribution in [0.15, 0.2) is 30.3 Å². The van der Waals surface area contributed by atoms with E-state index < -0.39 is 24.2 Å². The van der Waals surface area contributed by atoms with Crippen LogP contribution in [-0.2, 0) is 4.79 Å². The average molecular weight is 251 g/mol. The summed E-state index contributed by atoms with van der Waals surface area (Å²) < 4.78 is 5.04. The quantitative estimate of drug-likeness (QED) is 0.808. The van der Waals surface area contributed by atoms with Crippen molar-refractivity contribution in [1.29, 1.82) is 0 Å². The molecule has 2 rings (SSSR count). The number of aliphatic carboxylic acids is 1. The molecule has 1 saturated heterocycles. The molecule has 0 spiro atoms. The summed E-state index contributed by atoms with van der Waals surface area (Å²) in [4.78, 5) is 23.8. The summed E-state index contributed by atoms with van der Waals surface area (Å²) in [5.41, 5.74) is 0. The maximum Gasteiger partial charge on any atom is 0.416 e. The normalized spacial score (nSPS) is 22.8. The maximum absolute atomic E-state index is 11.8. The van der Waals surface area contributed by atoms with Gasteiger partial charge < -0.3 is 14.9 Å². The third kappa shape index (κ3) is 2.60. The molecule has 96 valence electrons. The first-order chi connectivity index (χ1) is 8.58. The number of carbonyl (C=O) groups excluding carboxylic acids is 1. The lowest BCUT2D eigenvalue weighted by atomic mass is 10.2. The van der Waals surface area contributed by atoms with Crippen LogP contribution < -0.4 is 4.74 Å². The molecule has 0 bridgehead atoms. The van der Waals surface area contributed by atoms with Gasteiger partial charge in [-0.3, -0.25) is 4.90 Å². The Balaban J connectivity index is 2.06. The molecule has 6 nitrogen and oxygen atoms in total. The number of likely N-dealkylation sites (tertiary alicyclic amines) is 1. The van der Waals surface area contributed by atoms with Crippen LogP contribution in [0.5, 0.6) is 5.75 Å². The second-order valence-corrected chi connectivity index (χ2v) is 4.08. The molecule has 1 fully saturated rings. The molecular weight excluding hydrogens is 238 g/mol. The molecule has 6 heteroatoms. The summed E-state index contributed by atoms with van der Waals surface area (Å²) in [6, 6.07) is 7.35. The Morgan fingerprint density at radius 3 is 2.56 bits per heavy atom. The number of aliphatic hydroxyl groups excluding tert-OH is 1. The van der Waals surface area contributed by atoms with Crippen molar-refractivity contribution in [3.63, 3.8) is 0 Å². The molecule has 2 unspecified atom stereocenters. The highest BCUT2D eigenvalue weighted by Crippen LogP contribution is 2.20. The van der Waals surface area contributed by atoms with Crippen molar-refractivity contribution in [2.24, 2.45) is 0 Å². The van der Waals surface area contributed by atoms with Crippen LogP contribution in [0, 0.1) is 0 Å². The van der Waals surface area contributed by atoms with E-state index in [1.54, 1.807) is 30.3 Å². The fourth-order valence-electron chi connectivity index (χ4n) is 1.90. The van der Waals surface area contributed by atoms with Crippen LogP contribution in [0.3, 0.4) is 0 Å². The zero-order valence-corrected chi connectivity index (χ0v) is 9.52. The Labute approximate surface area is 103 Å². The Morgan fingerprint density at radius 1 is 1.28 bits per heavy atom. The second kappa shape index (κ2) is 5.05. The Hall–Kier alpha value is -2.08. The molecule has 2 atom stereocenters. The van der Waals surface area contributed by atoms with Crippen molar-refractivity contribution in [1.82, 2.24) is 4.90 Å². The molecular formula is C12H13NO5. The molecule has 1 amide bonds. The fourth-order valence-corrected chi connectivity index (χ4v) is 1.90. The first kappa shape index (κ1) is 12.4. The largest absolute Gasteiger partial charge is 0.480 e. The van der Waals surface area contributed by atoms with Crippen molar-refractivity contribution in [2.45, 2.75) is 18.6 Å². The number of aliphatic hydroxyl groups is 1. The van der Waals surface area contributed by atoms with Crippen molar-refractivity contribution < 1.29 is 24.5 Å². The number of hydrogen-bond donors (Lipinski definition) is 2. The molecule has 1 aromatic carbocycles. The fraction of sp³-hybridized carbons (Fsp3) is 0.333. The molecule has 1 aliphatic heterocycles. The van der Waals surface area contributed by atoms with Gasteiger partial charge in [-0.25, -0.2) is 9.59 Å². The highest BCUT2D eigenvalue weighted by molar-refractivity contribution is 5.81. The minimum Gasteiger partial charge on any atom is -0.480 e. The van der Waals surface area contributed by atoms with Crippen LogP contribution in [0.25, 0.3) is 0 Å². The molecule has 2 N–H and O–H groups in total. The van der Waals surface area contributed by atoms with E-state index in [1.807, 2.05) is 0 Å². The van der Waals surface area contributed by atoms with Gasteiger partial charge in [-0.15, -0.1) is 0 Å². The lowest BCUT2D eigenvalue weighted by molar-refractivity contribution is -0.141. The topological polar surface area (TPSA) is 87.1 Å². The van der Waals surface area contributed by atoms with Crippen LogP contribution in [0.4, 0.5) is 4.79 Å². The smallest absolute Gasteiger partial charge is 0.416 e. The predicted octanol–water partition coefficient (Wildman–Crippen LogP) is 0.705. The third-order valence-electron chi connectivity index (χ3n) is 2.75. The van der Waals surface area contributed by atoms with Crippen molar-refractivity contribution in [2.75, 3.05) is 6.54 Å². The summed E-state index contributed by atoms with van der Waals surface area (Å²) in [7, 11) is 0. The highest BCUT2D eigenvalue weighted by Gasteiger charge is 2.40. The van der Waals surface area contributed by atoms with Gasteiger partial charge in [0, 0.05) is 6.42 Å². The number of para-hydroxylation sites is 1. The molecule has 0 saturated carbocycles. The molecule has 0 aromatic heterocycles. The van der Waals surface area contributed by atoms with Gasteiger partial charge in [0.05, 0.1) is 12.6 Å². The van der Waals surface area contributed by atoms with Crippen molar-refractivity contribution in [3.8, 4) is 5.75 Å². The number of benzene rings is 1. The van der Waals surface area contributed by atoms with Crippen molar-refractivity contribution >= 4 is 12.1 Å². The number of ether oxygens (including phenoxy) is 1. The number of amides is 1. The molecule has 18 heavy (non-hydrogen) atoms. The first-order valence-corrected chi connectivity index (χ1v) is 5.52. The summed E-state index contributed by atoms with van der Waals surface area (Å²) in [6.45, 7) is -0.0252. The zero-order chi connectivity index (χ0) is 13.1. The minimum atomic E-state index is -1.14. The molecule has 1 heterocycles. The first-order valence-electron chi connectivity index (χ1n) is 5.52. The number of carboxylic acid groups (broad SMARTS) is 1. The number of carboxylic acids is 1. The van der Waals surface area contributed by atoms with Crippen LogP contribution in [0.1, 0.15) is 6.42 Å². The predicted molar refractivity (Wildman–Crippen MR) is 61.2 cm³/mol. The zero-order valence-electron chi connectivity index (χ0n) is 9.52. The maximum atomic E-state index is 11.8. The number of nitrogens with zero attached hydrogens (tertiary/aromatic N) is 1. The van der Waals surface area contributed by atoms with E-state index in [1.165, 1.54) is 0 Å². The number of carbonyl (C=O) groups is 2. The van der Waals surface area contributed by atoms with Crippen molar-refractivity contribution in [3.05, 3.63) is 30.3 Å². The van der Waals surface area contributed by atoms with Gasteiger partial charge in [0.2, 0.25) is 0 Å². The van der Waals surface area contributed by atoms with Crippen LogP contribution >= 0.6 is 0 Å². The van der Waals surface area contributed by atoms with Gasteiger partial charge in [-0.1, -0.05) is 18.2 Å². The lowest BCUT2D eigenvalue weighted by Gasteiger charge is -2.20. The van der Waals surface area contributed by atoms with Gasteiger partial charge >= 0.3 is 12.1 Å². The van der Waals surface area contributed by atoms with Gasteiger partial charge in [-0.05, 0) is 12.1 Å². The number of rotatable bonds is 2. The molecule has 1 aromatic rings.